The summed E-state index contributed by atoms with van der Waals surface area (Å²) in [6.45, 7) is 3.11. The Morgan fingerprint density at radius 3 is 2.27 bits per heavy atom. The van der Waals surface area contributed by atoms with Crippen LogP contribution in [0.3, 0.4) is 0 Å². The summed E-state index contributed by atoms with van der Waals surface area (Å²) in [5.74, 6) is 0.349. The van der Waals surface area contributed by atoms with Gasteiger partial charge in [0.2, 0.25) is 11.9 Å². The van der Waals surface area contributed by atoms with Crippen molar-refractivity contribution < 1.29 is 26.3 Å². The second kappa shape index (κ2) is 8.52. The molecule has 0 aliphatic carbocycles. The van der Waals surface area contributed by atoms with Gasteiger partial charge in [-0.2, -0.15) is 40.9 Å². The molecule has 9 nitrogen and oxygen atoms in total. The molecule has 1 saturated heterocycles. The maximum absolute atomic E-state index is 13.5. The summed E-state index contributed by atoms with van der Waals surface area (Å²) < 4.78 is 81.0. The first-order chi connectivity index (χ1) is 17.3. The van der Waals surface area contributed by atoms with E-state index < -0.39 is 34.8 Å². The summed E-state index contributed by atoms with van der Waals surface area (Å²) in [7, 11) is 0. The quantitative estimate of drug-likeness (QED) is 0.327. The smallest absolute Gasteiger partial charge is 0.369 e. The molecule has 5 rings (SSSR count). The minimum absolute atomic E-state index is 0.00453. The van der Waals surface area contributed by atoms with Crippen molar-refractivity contribution in [1.29, 1.82) is 0 Å². The number of H-pyrrole nitrogens is 1. The molecule has 4 N–H and O–H groups in total. The number of nitrogens with one attached hydrogen (secondary N) is 2. The molecule has 0 saturated carbocycles. The van der Waals surface area contributed by atoms with Gasteiger partial charge in [-0.25, -0.2) is 10.1 Å². The number of fused-ring (bicyclic) bond motifs is 1. The van der Waals surface area contributed by atoms with Gasteiger partial charge in [0, 0.05) is 43.1 Å². The standard InChI is InChI=1S/C22H21F6N9/c1-20(12-5-3-2-4-6-12,13-9-36(10-13)19-32-18(29)33-34-19)11-30-16-7-14(21(23,24)25)31-17-8-15(22(26,27)28)35-37(16)17/h2-8,13,30H,9-11H2,1H3,(H3,29,32,33,34)/t20-/m0/s1. The summed E-state index contributed by atoms with van der Waals surface area (Å²) >= 11 is 0. The van der Waals surface area contributed by atoms with Gasteiger partial charge in [-0.1, -0.05) is 37.3 Å². The number of nitrogens with zero attached hydrogens (tertiary/aromatic N) is 6. The Hall–Kier alpha value is -4.04. The van der Waals surface area contributed by atoms with Crippen LogP contribution >= 0.6 is 0 Å². The highest BCUT2D eigenvalue weighted by atomic mass is 19.4. The summed E-state index contributed by atoms with van der Waals surface area (Å²) in [6, 6.07) is 10.5. The van der Waals surface area contributed by atoms with Crippen molar-refractivity contribution in [2.45, 2.75) is 24.7 Å². The molecule has 1 aliphatic heterocycles. The van der Waals surface area contributed by atoms with Gasteiger partial charge in [-0.15, -0.1) is 5.10 Å². The van der Waals surface area contributed by atoms with E-state index in [1.165, 1.54) is 0 Å². The van der Waals surface area contributed by atoms with Crippen molar-refractivity contribution in [2.24, 2.45) is 5.92 Å². The third-order valence-corrected chi connectivity index (χ3v) is 6.63. The first kappa shape index (κ1) is 24.6. The zero-order chi connectivity index (χ0) is 26.6. The fourth-order valence-electron chi connectivity index (χ4n) is 4.41. The van der Waals surface area contributed by atoms with E-state index in [9.17, 15) is 26.3 Å². The number of aromatic nitrogens is 6. The lowest BCUT2D eigenvalue weighted by molar-refractivity contribution is -0.142. The second-order valence-corrected chi connectivity index (χ2v) is 9.08. The number of nitrogen functional groups attached to an aromatic ring is 1. The van der Waals surface area contributed by atoms with Crippen molar-refractivity contribution in [1.82, 2.24) is 29.8 Å². The van der Waals surface area contributed by atoms with Crippen LogP contribution in [-0.2, 0) is 17.8 Å². The van der Waals surface area contributed by atoms with Gasteiger partial charge in [0.1, 0.15) is 5.82 Å². The highest BCUT2D eigenvalue weighted by Gasteiger charge is 2.44. The van der Waals surface area contributed by atoms with Crippen LogP contribution in [0.25, 0.3) is 5.65 Å². The van der Waals surface area contributed by atoms with Crippen LogP contribution in [0.4, 0.5) is 44.1 Å². The topological polar surface area (TPSA) is 113 Å². The molecule has 196 valence electrons. The first-order valence-corrected chi connectivity index (χ1v) is 11.1. The van der Waals surface area contributed by atoms with Gasteiger partial charge in [0.05, 0.1) is 0 Å². The molecule has 0 bridgehead atoms. The molecule has 4 aromatic rings. The lowest BCUT2D eigenvalue weighted by Gasteiger charge is -2.49. The lowest BCUT2D eigenvalue weighted by atomic mass is 9.68. The van der Waals surface area contributed by atoms with Crippen LogP contribution < -0.4 is 16.0 Å². The maximum Gasteiger partial charge on any atom is 0.435 e. The van der Waals surface area contributed by atoms with E-state index in [0.29, 0.717) is 31.2 Å². The van der Waals surface area contributed by atoms with Gasteiger partial charge in [0.15, 0.2) is 17.0 Å². The minimum Gasteiger partial charge on any atom is -0.369 e. The largest absolute Gasteiger partial charge is 0.435 e. The Morgan fingerprint density at radius 1 is 1.00 bits per heavy atom. The first-order valence-electron chi connectivity index (χ1n) is 11.1. The number of rotatable bonds is 6. The summed E-state index contributed by atoms with van der Waals surface area (Å²) in [5, 5.41) is 13.0. The molecule has 3 aromatic heterocycles. The molecule has 1 atom stereocenters. The average molecular weight is 525 g/mol. The van der Waals surface area contributed by atoms with Crippen LogP contribution in [0, 0.1) is 5.92 Å². The summed E-state index contributed by atoms with van der Waals surface area (Å²) in [4.78, 5) is 9.36. The third kappa shape index (κ3) is 4.60. The molecular weight excluding hydrogens is 504 g/mol. The van der Waals surface area contributed by atoms with Gasteiger partial charge in [-0.05, 0) is 5.56 Å². The zero-order valence-electron chi connectivity index (χ0n) is 19.3. The number of hydrogen-bond acceptors (Lipinski definition) is 7. The maximum atomic E-state index is 13.5. The average Bonchev–Trinajstić information content (AvgIpc) is 3.43. The Labute approximate surface area is 205 Å². The van der Waals surface area contributed by atoms with E-state index in [0.717, 1.165) is 10.1 Å². The molecule has 0 unspecified atom stereocenters. The van der Waals surface area contributed by atoms with E-state index in [1.54, 1.807) is 0 Å². The minimum atomic E-state index is -4.86. The van der Waals surface area contributed by atoms with Crippen molar-refractivity contribution in [3.8, 4) is 0 Å². The van der Waals surface area contributed by atoms with Gasteiger partial charge in [-0.3, -0.25) is 0 Å². The number of alkyl halides is 6. The van der Waals surface area contributed by atoms with Crippen molar-refractivity contribution in [3.05, 3.63) is 59.4 Å². The monoisotopic (exact) mass is 525 g/mol. The van der Waals surface area contributed by atoms with Crippen LogP contribution in [0.2, 0.25) is 0 Å². The SMILES string of the molecule is C[C@](CNc1cc(C(F)(F)F)nc2cc(C(F)(F)F)nn12)(c1ccccc1)C1CN(c2n[nH]c(N)n2)C1. The molecule has 1 aliphatic rings. The number of anilines is 3. The fraction of sp³-hybridized carbons (Fsp3) is 0.364. The van der Waals surface area contributed by atoms with Gasteiger partial charge in [0.25, 0.3) is 0 Å². The van der Waals surface area contributed by atoms with E-state index in [2.05, 4.69) is 30.6 Å². The number of aromatic amines is 1. The lowest BCUT2D eigenvalue weighted by Crippen LogP contribution is -2.58. The number of hydrogen-bond donors (Lipinski definition) is 3. The predicted molar refractivity (Wildman–Crippen MR) is 122 cm³/mol. The highest BCUT2D eigenvalue weighted by molar-refractivity contribution is 5.52. The molecule has 0 radical (unpaired) electrons. The Morgan fingerprint density at radius 2 is 1.68 bits per heavy atom. The van der Waals surface area contributed by atoms with Crippen LogP contribution in [0.15, 0.2) is 42.5 Å². The van der Waals surface area contributed by atoms with Crippen molar-refractivity contribution in [3.63, 3.8) is 0 Å². The highest BCUT2D eigenvalue weighted by Crippen LogP contribution is 2.40. The molecule has 0 spiro atoms. The number of benzene rings is 1. The summed E-state index contributed by atoms with van der Waals surface area (Å²) in [6.07, 6.45) is -9.71. The third-order valence-electron chi connectivity index (χ3n) is 6.63. The Balaban J connectivity index is 1.48. The van der Waals surface area contributed by atoms with E-state index >= 15 is 0 Å². The molecule has 1 fully saturated rings. The normalized spacial score (nSPS) is 16.6. The van der Waals surface area contributed by atoms with Crippen molar-refractivity contribution in [2.75, 3.05) is 35.6 Å². The zero-order valence-corrected chi connectivity index (χ0v) is 19.3. The molecule has 4 heterocycles. The number of nitrogens with two attached hydrogens (primary N) is 1. The molecule has 1 aromatic carbocycles. The van der Waals surface area contributed by atoms with Crippen LogP contribution in [0.1, 0.15) is 23.9 Å². The van der Waals surface area contributed by atoms with E-state index in [-0.39, 0.29) is 24.2 Å². The molecular formula is C22H21F6N9. The fourth-order valence-corrected chi connectivity index (χ4v) is 4.41. The van der Waals surface area contributed by atoms with Crippen molar-refractivity contribution >= 4 is 23.4 Å². The Bertz CT molecular complexity index is 1410. The predicted octanol–water partition coefficient (Wildman–Crippen LogP) is 3.97. The van der Waals surface area contributed by atoms with E-state index in [4.69, 9.17) is 5.73 Å². The van der Waals surface area contributed by atoms with Gasteiger partial charge < -0.3 is 16.0 Å². The van der Waals surface area contributed by atoms with Gasteiger partial charge >= 0.3 is 12.4 Å². The Kier molecular flexibility index (Phi) is 5.68. The van der Waals surface area contributed by atoms with Crippen LogP contribution in [-0.4, -0.2) is 49.4 Å². The van der Waals surface area contributed by atoms with Crippen LogP contribution in [0.5, 0.6) is 0 Å². The van der Waals surface area contributed by atoms with E-state index in [1.807, 2.05) is 42.2 Å². The summed E-state index contributed by atoms with van der Waals surface area (Å²) in [5.41, 5.74) is 2.65. The number of halogens is 6. The molecule has 15 heteroatoms. The second-order valence-electron chi connectivity index (χ2n) is 9.08. The molecule has 37 heavy (non-hydrogen) atoms. The molecule has 0 amide bonds.